The third-order valence-electron chi connectivity index (χ3n) is 12.2. The van der Waals surface area contributed by atoms with Crippen molar-refractivity contribution in [1.82, 2.24) is 39.5 Å². The monoisotopic (exact) mass is 866 g/mol. The molecule has 10 rings (SSSR count). The summed E-state index contributed by atoms with van der Waals surface area (Å²) < 4.78 is 0. The van der Waals surface area contributed by atoms with Gasteiger partial charge in [0.1, 0.15) is 5.82 Å². The minimum Gasteiger partial charge on any atom is -0.322 e. The number of urea groups is 2. The average Bonchev–Trinajstić information content (AvgIpc) is 3.57. The summed E-state index contributed by atoms with van der Waals surface area (Å²) in [4.78, 5) is 51.8. The zero-order valence-electron chi connectivity index (χ0n) is 34.3. The van der Waals surface area contributed by atoms with Crippen molar-refractivity contribution >= 4 is 46.8 Å². The van der Waals surface area contributed by atoms with E-state index >= 15 is 0 Å². The van der Waals surface area contributed by atoms with Gasteiger partial charge in [-0.1, -0.05) is 53.5 Å². The van der Waals surface area contributed by atoms with Crippen molar-refractivity contribution in [2.45, 2.75) is 37.8 Å². The fourth-order valence-corrected chi connectivity index (χ4v) is 9.52. The molecule has 4 aromatic heterocycles. The van der Waals surface area contributed by atoms with Crippen molar-refractivity contribution in [1.29, 1.82) is 0 Å². The lowest BCUT2D eigenvalue weighted by atomic mass is 9.96. The Morgan fingerprint density at radius 2 is 1.02 bits per heavy atom. The summed E-state index contributed by atoms with van der Waals surface area (Å²) in [7, 11) is 0. The van der Waals surface area contributed by atoms with Crippen molar-refractivity contribution in [3.63, 3.8) is 0 Å². The molecule has 2 unspecified atom stereocenters. The standard InChI is InChI=1S/2C24H24ClN5O/c25-19-7-8-21-18(15-19)6-5-17-3-1-10-27-22(17)23(21)29-11-13-30(14-12-29)24(31)28-20-4-2-9-26-16-20;25-19-8-9-20-18(16-19)7-6-17-4-3-11-27-22(17)23(20)29-12-14-30(15-13-29)24(31)28-21-5-1-2-10-26-21/h1-4,7-10,15-16,23H,5-6,11-14H2,(H,28,31);1-5,8-11,16,23H,6-7,12-15H2,(H,26,28,31). The number of aromatic nitrogens is 4. The minimum absolute atomic E-state index is 0.0759. The Kier molecular flexibility index (Phi) is 12.7. The first-order valence-electron chi connectivity index (χ1n) is 21.2. The van der Waals surface area contributed by atoms with Crippen molar-refractivity contribution in [3.8, 4) is 0 Å². The largest absolute Gasteiger partial charge is 0.323 e. The number of piperazine rings is 2. The van der Waals surface area contributed by atoms with E-state index in [0.29, 0.717) is 37.7 Å². The molecule has 6 heterocycles. The number of nitrogens with zero attached hydrogens (tertiary/aromatic N) is 8. The number of aryl methyl sites for hydroxylation is 4. The first-order valence-corrected chi connectivity index (χ1v) is 22.0. The highest BCUT2D eigenvalue weighted by Gasteiger charge is 2.35. The zero-order chi connectivity index (χ0) is 42.4. The number of amides is 4. The number of fused-ring (bicyclic) bond motifs is 4. The van der Waals surface area contributed by atoms with E-state index in [1.54, 1.807) is 24.7 Å². The van der Waals surface area contributed by atoms with Gasteiger partial charge in [-0.3, -0.25) is 30.1 Å². The fourth-order valence-electron chi connectivity index (χ4n) is 9.14. The number of halogens is 2. The van der Waals surface area contributed by atoms with Crippen LogP contribution in [0.5, 0.6) is 0 Å². The molecule has 316 valence electrons. The summed E-state index contributed by atoms with van der Waals surface area (Å²) >= 11 is 12.6. The second-order valence-electron chi connectivity index (χ2n) is 15.9. The average molecular weight is 868 g/mol. The molecule has 2 fully saturated rings. The molecule has 2 saturated heterocycles. The molecule has 4 amide bonds. The molecule has 0 saturated carbocycles. The molecule has 6 aromatic rings. The molecule has 2 N–H and O–H groups in total. The van der Waals surface area contributed by atoms with Crippen LogP contribution >= 0.6 is 23.2 Å². The molecule has 0 radical (unpaired) electrons. The predicted octanol–water partition coefficient (Wildman–Crippen LogP) is 8.34. The first-order chi connectivity index (χ1) is 30.4. The van der Waals surface area contributed by atoms with Crippen LogP contribution in [-0.2, 0) is 25.7 Å². The van der Waals surface area contributed by atoms with Crippen LogP contribution in [0.4, 0.5) is 21.1 Å². The van der Waals surface area contributed by atoms with E-state index in [0.717, 1.165) is 73.3 Å². The second-order valence-corrected chi connectivity index (χ2v) is 16.8. The molecule has 12 nitrogen and oxygen atoms in total. The Bertz CT molecular complexity index is 2340. The number of anilines is 2. The molecule has 4 aliphatic rings. The van der Waals surface area contributed by atoms with Crippen LogP contribution in [0.25, 0.3) is 0 Å². The van der Waals surface area contributed by atoms with Gasteiger partial charge < -0.3 is 15.1 Å². The van der Waals surface area contributed by atoms with Crippen molar-refractivity contribution in [3.05, 3.63) is 177 Å². The predicted molar refractivity (Wildman–Crippen MR) is 243 cm³/mol. The highest BCUT2D eigenvalue weighted by atomic mass is 35.5. The van der Waals surface area contributed by atoms with E-state index in [4.69, 9.17) is 33.2 Å². The van der Waals surface area contributed by atoms with Gasteiger partial charge in [0.25, 0.3) is 0 Å². The van der Waals surface area contributed by atoms with Crippen LogP contribution in [0, 0.1) is 0 Å². The quantitative estimate of drug-likeness (QED) is 0.182. The summed E-state index contributed by atoms with van der Waals surface area (Å²) in [6.45, 7) is 5.74. The normalized spacial score (nSPS) is 18.6. The topological polar surface area (TPSA) is 123 Å². The SMILES string of the molecule is O=C(Nc1ccccn1)N1CCN(C2c3ccc(Cl)cc3CCc3cccnc32)CC1.O=C(Nc1cccnc1)N1CCN(C2c3ccc(Cl)cc3CCc3cccnc32)CC1. The Morgan fingerprint density at radius 1 is 0.516 bits per heavy atom. The van der Waals surface area contributed by atoms with Crippen LogP contribution < -0.4 is 10.6 Å². The maximum absolute atomic E-state index is 12.7. The lowest BCUT2D eigenvalue weighted by Crippen LogP contribution is -2.51. The van der Waals surface area contributed by atoms with Gasteiger partial charge in [0.2, 0.25) is 0 Å². The van der Waals surface area contributed by atoms with Gasteiger partial charge in [0, 0.05) is 87.2 Å². The van der Waals surface area contributed by atoms with Gasteiger partial charge in [0.05, 0.1) is 35.4 Å². The van der Waals surface area contributed by atoms with Crippen LogP contribution in [0.2, 0.25) is 10.0 Å². The van der Waals surface area contributed by atoms with Gasteiger partial charge in [-0.25, -0.2) is 14.6 Å². The minimum atomic E-state index is -0.107. The number of rotatable bonds is 4. The summed E-state index contributed by atoms with van der Waals surface area (Å²) in [5.74, 6) is 0.572. The summed E-state index contributed by atoms with van der Waals surface area (Å²) in [6.07, 6.45) is 12.6. The highest BCUT2D eigenvalue weighted by molar-refractivity contribution is 6.31. The number of carbonyl (C=O) groups is 2. The van der Waals surface area contributed by atoms with E-state index in [9.17, 15) is 9.59 Å². The Labute approximate surface area is 371 Å². The van der Waals surface area contributed by atoms with E-state index in [1.165, 1.54) is 33.4 Å². The number of benzene rings is 2. The van der Waals surface area contributed by atoms with Crippen LogP contribution in [-0.4, -0.2) is 104 Å². The van der Waals surface area contributed by atoms with E-state index in [-0.39, 0.29) is 24.1 Å². The maximum atomic E-state index is 12.7. The number of hydrogen-bond donors (Lipinski definition) is 2. The summed E-state index contributed by atoms with van der Waals surface area (Å²) in [5, 5.41) is 7.36. The van der Waals surface area contributed by atoms with Crippen molar-refractivity contribution < 1.29 is 9.59 Å². The van der Waals surface area contributed by atoms with Gasteiger partial charge >= 0.3 is 12.1 Å². The lowest BCUT2D eigenvalue weighted by Gasteiger charge is -2.39. The molecule has 0 spiro atoms. The van der Waals surface area contributed by atoms with Gasteiger partial charge in [-0.05, 0) is 120 Å². The van der Waals surface area contributed by atoms with Crippen LogP contribution in [0.3, 0.4) is 0 Å². The number of pyridine rings is 4. The Hall–Kier alpha value is -5.92. The molecule has 2 atom stereocenters. The van der Waals surface area contributed by atoms with E-state index in [2.05, 4.69) is 66.8 Å². The number of nitrogens with one attached hydrogen (secondary N) is 2. The molecular weight excluding hydrogens is 820 g/mol. The van der Waals surface area contributed by atoms with E-state index in [1.807, 2.05) is 70.7 Å². The van der Waals surface area contributed by atoms with Gasteiger partial charge in [0.15, 0.2) is 0 Å². The third kappa shape index (κ3) is 9.29. The second kappa shape index (κ2) is 19.0. The Balaban J connectivity index is 0.000000158. The summed E-state index contributed by atoms with van der Waals surface area (Å²) in [5.41, 5.74) is 10.6. The van der Waals surface area contributed by atoms with Crippen molar-refractivity contribution in [2.24, 2.45) is 0 Å². The smallest absolute Gasteiger partial charge is 0.322 e. The molecule has 2 aliphatic carbocycles. The zero-order valence-corrected chi connectivity index (χ0v) is 35.8. The molecule has 2 aromatic carbocycles. The molecule has 62 heavy (non-hydrogen) atoms. The number of hydrogen-bond acceptors (Lipinski definition) is 8. The fraction of sp³-hybridized carbons (Fsp3) is 0.292. The molecule has 14 heteroatoms. The summed E-state index contributed by atoms with van der Waals surface area (Å²) in [6, 6.07) is 29.9. The highest BCUT2D eigenvalue weighted by Crippen LogP contribution is 2.39. The van der Waals surface area contributed by atoms with Gasteiger partial charge in [-0.15, -0.1) is 0 Å². The maximum Gasteiger partial charge on any atom is 0.323 e. The molecular formula is C48H48Cl2N10O2. The van der Waals surface area contributed by atoms with Crippen LogP contribution in [0.15, 0.2) is 122 Å². The van der Waals surface area contributed by atoms with E-state index < -0.39 is 0 Å². The lowest BCUT2D eigenvalue weighted by molar-refractivity contribution is 0.124. The third-order valence-corrected chi connectivity index (χ3v) is 12.7. The Morgan fingerprint density at radius 3 is 1.52 bits per heavy atom. The molecule has 0 bridgehead atoms. The van der Waals surface area contributed by atoms with Gasteiger partial charge in [-0.2, -0.15) is 0 Å². The number of carbonyl (C=O) groups excluding carboxylic acids is 2. The van der Waals surface area contributed by atoms with Crippen molar-refractivity contribution in [2.75, 3.05) is 63.0 Å². The first kappa shape index (κ1) is 41.4. The molecule has 2 aliphatic heterocycles. The van der Waals surface area contributed by atoms with Crippen LogP contribution in [0.1, 0.15) is 56.9 Å².